The van der Waals surface area contributed by atoms with Crippen molar-refractivity contribution in [1.82, 2.24) is 10.2 Å². The van der Waals surface area contributed by atoms with Gasteiger partial charge in [0.25, 0.3) is 0 Å². The molecule has 0 radical (unpaired) electrons. The largest absolute Gasteiger partial charge is 0.311 e. The molecule has 82 valence electrons. The van der Waals surface area contributed by atoms with Gasteiger partial charge < -0.3 is 5.32 Å². The molecule has 1 atom stereocenters. The molecule has 0 spiro atoms. The highest BCUT2D eigenvalue weighted by atomic mass is 15.2. The fourth-order valence-electron chi connectivity index (χ4n) is 2.04. The average molecular weight is 196 g/mol. The Morgan fingerprint density at radius 3 is 2.93 bits per heavy atom. The molecule has 0 amide bonds. The molecule has 1 unspecified atom stereocenters. The maximum atomic E-state index is 3.59. The smallest absolute Gasteiger partial charge is 0.0198 e. The van der Waals surface area contributed by atoms with E-state index in [4.69, 9.17) is 0 Å². The van der Waals surface area contributed by atoms with E-state index in [1.54, 1.807) is 0 Å². The molecule has 0 bridgehead atoms. The second-order valence-electron chi connectivity index (χ2n) is 4.61. The third-order valence-electron chi connectivity index (χ3n) is 2.69. The fraction of sp³-hybridized carbons (Fsp3) is 0.833. The molecule has 2 nitrogen and oxygen atoms in total. The average Bonchev–Trinajstić information content (AvgIpc) is 2.14. The third-order valence-corrected chi connectivity index (χ3v) is 2.69. The molecule has 1 aliphatic heterocycles. The molecule has 1 fully saturated rings. The normalized spacial score (nSPS) is 25.0. The predicted molar refractivity (Wildman–Crippen MR) is 62.5 cm³/mol. The van der Waals surface area contributed by atoms with Gasteiger partial charge in [-0.2, -0.15) is 0 Å². The number of nitrogens with one attached hydrogen (secondary N) is 1. The van der Waals surface area contributed by atoms with Gasteiger partial charge in [-0.1, -0.05) is 26.0 Å². The quantitative estimate of drug-likeness (QED) is 0.691. The molecular weight excluding hydrogens is 172 g/mol. The second-order valence-corrected chi connectivity index (χ2v) is 4.61. The first kappa shape index (κ1) is 11.7. The van der Waals surface area contributed by atoms with Gasteiger partial charge in [-0.3, -0.25) is 4.90 Å². The van der Waals surface area contributed by atoms with E-state index in [-0.39, 0.29) is 0 Å². The molecular formula is C12H24N2. The summed E-state index contributed by atoms with van der Waals surface area (Å²) < 4.78 is 0. The van der Waals surface area contributed by atoms with Gasteiger partial charge in [0.1, 0.15) is 0 Å². The summed E-state index contributed by atoms with van der Waals surface area (Å²) in [6.07, 6.45) is 5.68. The first-order valence-electron chi connectivity index (χ1n) is 5.79. The van der Waals surface area contributed by atoms with Crippen molar-refractivity contribution < 1.29 is 0 Å². The van der Waals surface area contributed by atoms with E-state index >= 15 is 0 Å². The van der Waals surface area contributed by atoms with Gasteiger partial charge in [-0.05, 0) is 19.3 Å². The van der Waals surface area contributed by atoms with Gasteiger partial charge in [0.15, 0.2) is 0 Å². The van der Waals surface area contributed by atoms with E-state index in [0.717, 1.165) is 19.0 Å². The van der Waals surface area contributed by atoms with Crippen LogP contribution in [-0.2, 0) is 0 Å². The Morgan fingerprint density at radius 2 is 2.29 bits per heavy atom. The molecule has 2 heteroatoms. The molecule has 1 aliphatic rings. The maximum absolute atomic E-state index is 3.59. The first-order valence-corrected chi connectivity index (χ1v) is 5.79. The van der Waals surface area contributed by atoms with Gasteiger partial charge in [-0.15, -0.1) is 0 Å². The lowest BCUT2D eigenvalue weighted by atomic mass is 10.0. The lowest BCUT2D eigenvalue weighted by Gasteiger charge is -2.33. The number of allylic oxidation sites excluding steroid dienone is 1. The summed E-state index contributed by atoms with van der Waals surface area (Å²) in [6, 6.07) is 0.703. The van der Waals surface area contributed by atoms with Crippen molar-refractivity contribution in [3.05, 3.63) is 12.2 Å². The Kier molecular flexibility index (Phi) is 5.20. The van der Waals surface area contributed by atoms with Crippen molar-refractivity contribution in [2.45, 2.75) is 33.2 Å². The zero-order valence-electron chi connectivity index (χ0n) is 9.79. The van der Waals surface area contributed by atoms with Crippen LogP contribution in [0.2, 0.25) is 0 Å². The van der Waals surface area contributed by atoms with E-state index in [2.05, 4.69) is 43.1 Å². The molecule has 0 aliphatic carbocycles. The lowest BCUT2D eigenvalue weighted by molar-refractivity contribution is 0.202. The van der Waals surface area contributed by atoms with E-state index in [9.17, 15) is 0 Å². The van der Waals surface area contributed by atoms with E-state index in [1.807, 2.05) is 0 Å². The number of piperazine rings is 1. The van der Waals surface area contributed by atoms with Gasteiger partial charge in [0, 0.05) is 32.2 Å². The van der Waals surface area contributed by atoms with E-state index < -0.39 is 0 Å². The third kappa shape index (κ3) is 4.25. The molecule has 0 aromatic carbocycles. The van der Waals surface area contributed by atoms with Crippen molar-refractivity contribution in [2.24, 2.45) is 5.92 Å². The van der Waals surface area contributed by atoms with Crippen LogP contribution in [0.1, 0.15) is 27.2 Å². The van der Waals surface area contributed by atoms with E-state index in [1.165, 1.54) is 19.5 Å². The van der Waals surface area contributed by atoms with Crippen molar-refractivity contribution in [3.8, 4) is 0 Å². The van der Waals surface area contributed by atoms with Crippen molar-refractivity contribution >= 4 is 0 Å². The highest BCUT2D eigenvalue weighted by molar-refractivity contribution is 4.86. The number of rotatable bonds is 4. The Bertz CT molecular complexity index is 175. The first-order chi connectivity index (χ1) is 6.72. The Labute approximate surface area is 88.4 Å². The van der Waals surface area contributed by atoms with Crippen LogP contribution in [0.3, 0.4) is 0 Å². The number of nitrogens with zero attached hydrogens (tertiary/aromatic N) is 1. The maximum Gasteiger partial charge on any atom is 0.0198 e. The molecule has 0 aromatic rings. The predicted octanol–water partition coefficient (Wildman–Crippen LogP) is 1.88. The van der Waals surface area contributed by atoms with Gasteiger partial charge in [0.2, 0.25) is 0 Å². The van der Waals surface area contributed by atoms with Gasteiger partial charge in [-0.25, -0.2) is 0 Å². The van der Waals surface area contributed by atoms with Gasteiger partial charge >= 0.3 is 0 Å². The van der Waals surface area contributed by atoms with Crippen molar-refractivity contribution in [2.75, 3.05) is 26.2 Å². The summed E-state index contributed by atoms with van der Waals surface area (Å²) in [5.41, 5.74) is 0. The minimum Gasteiger partial charge on any atom is -0.311 e. The SMILES string of the molecule is C/C=C/CN1CCNC(CC(C)C)C1. The lowest BCUT2D eigenvalue weighted by Crippen LogP contribution is -2.50. The Hall–Kier alpha value is -0.340. The van der Waals surface area contributed by atoms with Crippen molar-refractivity contribution in [1.29, 1.82) is 0 Å². The van der Waals surface area contributed by atoms with E-state index in [0.29, 0.717) is 6.04 Å². The standard InChI is InChI=1S/C12H24N2/c1-4-5-7-14-8-6-13-12(10-14)9-11(2)3/h4-5,11-13H,6-10H2,1-3H3/b5-4+. The van der Waals surface area contributed by atoms with Crippen LogP contribution in [0.25, 0.3) is 0 Å². The summed E-state index contributed by atoms with van der Waals surface area (Å²) in [7, 11) is 0. The van der Waals surface area contributed by atoms with Crippen LogP contribution < -0.4 is 5.32 Å². The number of hydrogen-bond acceptors (Lipinski definition) is 2. The fourth-order valence-corrected chi connectivity index (χ4v) is 2.04. The molecule has 0 saturated carbocycles. The van der Waals surface area contributed by atoms with Crippen LogP contribution in [0.5, 0.6) is 0 Å². The zero-order valence-corrected chi connectivity index (χ0v) is 9.79. The van der Waals surface area contributed by atoms with Crippen LogP contribution >= 0.6 is 0 Å². The molecule has 0 aromatic heterocycles. The topological polar surface area (TPSA) is 15.3 Å². The Balaban J connectivity index is 2.28. The molecule has 1 rings (SSSR count). The van der Waals surface area contributed by atoms with Crippen LogP contribution in [0.4, 0.5) is 0 Å². The summed E-state index contributed by atoms with van der Waals surface area (Å²) in [5, 5.41) is 3.59. The monoisotopic (exact) mass is 196 g/mol. The van der Waals surface area contributed by atoms with Crippen LogP contribution in [0.15, 0.2) is 12.2 Å². The highest BCUT2D eigenvalue weighted by Crippen LogP contribution is 2.09. The minimum absolute atomic E-state index is 0.703. The second kappa shape index (κ2) is 6.20. The molecule has 14 heavy (non-hydrogen) atoms. The van der Waals surface area contributed by atoms with Crippen molar-refractivity contribution in [3.63, 3.8) is 0 Å². The summed E-state index contributed by atoms with van der Waals surface area (Å²) in [6.45, 7) is 11.4. The zero-order chi connectivity index (χ0) is 10.4. The van der Waals surface area contributed by atoms with Crippen LogP contribution in [-0.4, -0.2) is 37.1 Å². The highest BCUT2D eigenvalue weighted by Gasteiger charge is 2.18. The summed E-state index contributed by atoms with van der Waals surface area (Å²) in [4.78, 5) is 2.53. The molecule has 1 saturated heterocycles. The van der Waals surface area contributed by atoms with Gasteiger partial charge in [0.05, 0.1) is 0 Å². The number of hydrogen-bond donors (Lipinski definition) is 1. The summed E-state index contributed by atoms with van der Waals surface area (Å²) in [5.74, 6) is 0.800. The van der Waals surface area contributed by atoms with Crippen LogP contribution in [0, 0.1) is 5.92 Å². The minimum atomic E-state index is 0.703. The molecule has 1 N–H and O–H groups in total. The summed E-state index contributed by atoms with van der Waals surface area (Å²) >= 11 is 0. The molecule has 1 heterocycles. The Morgan fingerprint density at radius 1 is 1.50 bits per heavy atom.